The van der Waals surface area contributed by atoms with E-state index in [1.54, 1.807) is 18.2 Å². The van der Waals surface area contributed by atoms with Crippen LogP contribution in [0.2, 0.25) is 0 Å². The summed E-state index contributed by atoms with van der Waals surface area (Å²) in [7, 11) is 0. The SMILES string of the molecule is CC(OC(=O)c1ccc2nc(-c3ccccc3)[nH]c2c1)C(=O)Nc1sc2c(c1C#N)CCC(C(C)(C)C)C2. The van der Waals surface area contributed by atoms with Crippen LogP contribution in [0.1, 0.15) is 60.5 Å². The second-order valence-corrected chi connectivity index (χ2v) is 12.0. The minimum absolute atomic E-state index is 0.183. The molecule has 38 heavy (non-hydrogen) atoms. The van der Waals surface area contributed by atoms with Crippen LogP contribution in [0, 0.1) is 22.7 Å². The normalized spacial score (nSPS) is 15.9. The van der Waals surface area contributed by atoms with Crippen LogP contribution < -0.4 is 5.32 Å². The summed E-state index contributed by atoms with van der Waals surface area (Å²) in [4.78, 5) is 34.8. The first kappa shape index (κ1) is 25.7. The van der Waals surface area contributed by atoms with E-state index in [0.717, 1.165) is 40.8 Å². The molecule has 0 fully saturated rings. The number of carbonyl (C=O) groups excluding carboxylic acids is 2. The largest absolute Gasteiger partial charge is 0.449 e. The van der Waals surface area contributed by atoms with Gasteiger partial charge in [0.05, 0.1) is 22.2 Å². The summed E-state index contributed by atoms with van der Waals surface area (Å²) in [5, 5.41) is 13.2. The maximum absolute atomic E-state index is 12.9. The number of nitrogens with one attached hydrogen (secondary N) is 2. The quantitative estimate of drug-likeness (QED) is 0.289. The van der Waals surface area contributed by atoms with Gasteiger partial charge in [-0.3, -0.25) is 4.79 Å². The molecule has 1 amide bonds. The first-order chi connectivity index (χ1) is 18.1. The molecule has 194 valence electrons. The number of ether oxygens (including phenoxy) is 1. The number of carbonyl (C=O) groups is 2. The minimum Gasteiger partial charge on any atom is -0.449 e. The highest BCUT2D eigenvalue weighted by atomic mass is 32.1. The number of esters is 1. The third-order valence-corrected chi connectivity index (χ3v) is 8.43. The standard InChI is InChI=1S/C30H30N4O3S/c1-17(27(35)34-28-22(16-31)21-12-11-20(30(2,3)4)15-25(21)38-28)37-29(36)19-10-13-23-24(14-19)33-26(32-23)18-8-6-5-7-9-18/h5-10,13-14,17,20H,11-12,15H2,1-4H3,(H,32,33)(H,34,35). The van der Waals surface area contributed by atoms with Crippen molar-refractivity contribution >= 4 is 39.2 Å². The van der Waals surface area contributed by atoms with E-state index in [0.29, 0.717) is 33.4 Å². The van der Waals surface area contributed by atoms with Crippen LogP contribution in [-0.4, -0.2) is 27.9 Å². The molecule has 2 aromatic carbocycles. The van der Waals surface area contributed by atoms with Gasteiger partial charge in [-0.05, 0) is 61.3 Å². The third kappa shape index (κ3) is 5.07. The molecule has 0 saturated carbocycles. The number of imidazole rings is 1. The average molecular weight is 527 g/mol. The number of H-pyrrole nitrogens is 1. The predicted molar refractivity (Wildman–Crippen MR) is 149 cm³/mol. The fourth-order valence-electron chi connectivity index (χ4n) is 4.90. The van der Waals surface area contributed by atoms with Crippen molar-refractivity contribution in [3.05, 3.63) is 70.1 Å². The molecule has 2 unspecified atom stereocenters. The van der Waals surface area contributed by atoms with E-state index in [1.165, 1.54) is 18.3 Å². The molecule has 0 radical (unpaired) electrons. The summed E-state index contributed by atoms with van der Waals surface area (Å²) in [6.45, 7) is 8.26. The molecule has 0 spiro atoms. The molecule has 2 N–H and O–H groups in total. The maximum atomic E-state index is 12.9. The Morgan fingerprint density at radius 2 is 1.97 bits per heavy atom. The molecule has 8 heteroatoms. The summed E-state index contributed by atoms with van der Waals surface area (Å²) in [5.74, 6) is 0.165. The van der Waals surface area contributed by atoms with E-state index < -0.39 is 18.0 Å². The zero-order chi connectivity index (χ0) is 27.0. The van der Waals surface area contributed by atoms with Crippen molar-refractivity contribution in [1.82, 2.24) is 9.97 Å². The second-order valence-electron chi connectivity index (χ2n) is 10.8. The highest BCUT2D eigenvalue weighted by Crippen LogP contribution is 2.44. The molecular weight excluding hydrogens is 496 g/mol. The Kier molecular flexibility index (Phi) is 6.80. The van der Waals surface area contributed by atoms with E-state index in [9.17, 15) is 14.9 Å². The number of rotatable bonds is 5. The van der Waals surface area contributed by atoms with Gasteiger partial charge >= 0.3 is 5.97 Å². The summed E-state index contributed by atoms with van der Waals surface area (Å²) in [6, 6.07) is 17.1. The number of hydrogen-bond acceptors (Lipinski definition) is 6. The lowest BCUT2D eigenvalue weighted by atomic mass is 9.72. The molecule has 7 nitrogen and oxygen atoms in total. The first-order valence-electron chi connectivity index (χ1n) is 12.8. The number of hydrogen-bond donors (Lipinski definition) is 2. The van der Waals surface area contributed by atoms with Crippen LogP contribution in [0.5, 0.6) is 0 Å². The van der Waals surface area contributed by atoms with Gasteiger partial charge in [-0.15, -0.1) is 11.3 Å². The number of thiophene rings is 1. The highest BCUT2D eigenvalue weighted by Gasteiger charge is 2.33. The van der Waals surface area contributed by atoms with E-state index >= 15 is 0 Å². The molecule has 0 bridgehead atoms. The Labute approximate surface area is 225 Å². The van der Waals surface area contributed by atoms with Gasteiger partial charge in [0.1, 0.15) is 16.9 Å². The van der Waals surface area contributed by atoms with Crippen LogP contribution in [-0.2, 0) is 22.4 Å². The number of benzene rings is 2. The van der Waals surface area contributed by atoms with Gasteiger partial charge in [-0.1, -0.05) is 51.1 Å². The van der Waals surface area contributed by atoms with Crippen molar-refractivity contribution in [3.63, 3.8) is 0 Å². The van der Waals surface area contributed by atoms with Gasteiger partial charge in [0.15, 0.2) is 6.10 Å². The number of nitrogens with zero attached hydrogens (tertiary/aromatic N) is 2. The fraction of sp³-hybridized carbons (Fsp3) is 0.333. The molecule has 0 saturated heterocycles. The molecule has 2 heterocycles. The van der Waals surface area contributed by atoms with Crippen molar-refractivity contribution in [2.75, 3.05) is 5.32 Å². The van der Waals surface area contributed by atoms with Crippen LogP contribution in [0.25, 0.3) is 22.4 Å². The minimum atomic E-state index is -1.03. The third-order valence-electron chi connectivity index (χ3n) is 7.26. The summed E-state index contributed by atoms with van der Waals surface area (Å²) in [6.07, 6.45) is 1.73. The lowest BCUT2D eigenvalue weighted by molar-refractivity contribution is -0.123. The zero-order valence-electron chi connectivity index (χ0n) is 21.9. The van der Waals surface area contributed by atoms with Crippen LogP contribution in [0.15, 0.2) is 48.5 Å². The molecule has 1 aliphatic carbocycles. The Bertz CT molecular complexity index is 1560. The molecular formula is C30H30N4O3S. The number of fused-ring (bicyclic) bond motifs is 2. The van der Waals surface area contributed by atoms with Crippen LogP contribution in [0.3, 0.4) is 0 Å². The number of nitriles is 1. The lowest BCUT2D eigenvalue weighted by Crippen LogP contribution is -2.30. The second kappa shape index (κ2) is 10.1. The predicted octanol–water partition coefficient (Wildman–Crippen LogP) is 6.50. The summed E-state index contributed by atoms with van der Waals surface area (Å²) >= 11 is 1.46. The topological polar surface area (TPSA) is 108 Å². The van der Waals surface area contributed by atoms with Gasteiger partial charge in [-0.2, -0.15) is 5.26 Å². The molecule has 2 atom stereocenters. The Hall–Kier alpha value is -3.96. The molecule has 1 aliphatic rings. The zero-order valence-corrected chi connectivity index (χ0v) is 22.7. The Morgan fingerprint density at radius 1 is 1.21 bits per heavy atom. The fourth-order valence-corrected chi connectivity index (χ4v) is 6.18. The Morgan fingerprint density at radius 3 is 2.68 bits per heavy atom. The van der Waals surface area contributed by atoms with Gasteiger partial charge < -0.3 is 15.0 Å². The van der Waals surface area contributed by atoms with Crippen molar-refractivity contribution in [1.29, 1.82) is 5.26 Å². The van der Waals surface area contributed by atoms with Crippen molar-refractivity contribution in [2.24, 2.45) is 11.3 Å². The van der Waals surface area contributed by atoms with Crippen LogP contribution in [0.4, 0.5) is 5.00 Å². The summed E-state index contributed by atoms with van der Waals surface area (Å²) < 4.78 is 5.48. The number of anilines is 1. The van der Waals surface area contributed by atoms with Gasteiger partial charge in [0.25, 0.3) is 5.91 Å². The number of aromatic nitrogens is 2. The average Bonchev–Trinajstić information content (AvgIpc) is 3.48. The van der Waals surface area contributed by atoms with Crippen LogP contribution >= 0.6 is 11.3 Å². The highest BCUT2D eigenvalue weighted by molar-refractivity contribution is 7.16. The van der Waals surface area contributed by atoms with E-state index in [4.69, 9.17) is 4.74 Å². The van der Waals surface area contributed by atoms with Gasteiger partial charge in [-0.25, -0.2) is 9.78 Å². The van der Waals surface area contributed by atoms with E-state index in [1.807, 2.05) is 30.3 Å². The maximum Gasteiger partial charge on any atom is 0.338 e. The van der Waals surface area contributed by atoms with E-state index in [-0.39, 0.29) is 5.41 Å². The number of amides is 1. The van der Waals surface area contributed by atoms with Crippen molar-refractivity contribution in [3.8, 4) is 17.5 Å². The smallest absolute Gasteiger partial charge is 0.338 e. The van der Waals surface area contributed by atoms with Crippen molar-refractivity contribution < 1.29 is 14.3 Å². The molecule has 4 aromatic rings. The number of aromatic amines is 1. The monoisotopic (exact) mass is 526 g/mol. The molecule has 5 rings (SSSR count). The lowest BCUT2D eigenvalue weighted by Gasteiger charge is -2.33. The van der Waals surface area contributed by atoms with Crippen molar-refractivity contribution in [2.45, 2.75) is 53.1 Å². The molecule has 0 aliphatic heterocycles. The summed E-state index contributed by atoms with van der Waals surface area (Å²) in [5.41, 5.74) is 4.45. The Balaban J connectivity index is 1.27. The first-order valence-corrected chi connectivity index (χ1v) is 13.6. The van der Waals surface area contributed by atoms with E-state index in [2.05, 4.69) is 42.1 Å². The molecule has 2 aromatic heterocycles. The van der Waals surface area contributed by atoms with Gasteiger partial charge in [0, 0.05) is 10.4 Å². The van der Waals surface area contributed by atoms with Gasteiger partial charge in [0.2, 0.25) is 0 Å².